The van der Waals surface area contributed by atoms with E-state index < -0.39 is 17.8 Å². The molecule has 0 aromatic heterocycles. The van der Waals surface area contributed by atoms with Gasteiger partial charge in [0.25, 0.3) is 5.91 Å². The smallest absolute Gasteiger partial charge is 0.338 e. The van der Waals surface area contributed by atoms with E-state index in [0.29, 0.717) is 27.0 Å². The van der Waals surface area contributed by atoms with Crippen LogP contribution in [0.4, 0.5) is 5.69 Å². The first-order chi connectivity index (χ1) is 17.7. The molecule has 1 amide bonds. The Morgan fingerprint density at radius 1 is 1.08 bits per heavy atom. The number of ether oxygens (including phenoxy) is 2. The van der Waals surface area contributed by atoms with Crippen LogP contribution in [0.1, 0.15) is 38.8 Å². The lowest BCUT2D eigenvalue weighted by Crippen LogP contribution is -2.13. The van der Waals surface area contributed by atoms with Gasteiger partial charge in [0.05, 0.1) is 25.8 Å². The van der Waals surface area contributed by atoms with E-state index >= 15 is 0 Å². The van der Waals surface area contributed by atoms with Crippen molar-refractivity contribution >= 4 is 68.1 Å². The van der Waals surface area contributed by atoms with Gasteiger partial charge in [0.15, 0.2) is 0 Å². The average Bonchev–Trinajstić information content (AvgIpc) is 2.87. The van der Waals surface area contributed by atoms with E-state index in [2.05, 4.69) is 43.8 Å². The summed E-state index contributed by atoms with van der Waals surface area (Å²) in [6.45, 7) is 2.20. The van der Waals surface area contributed by atoms with E-state index in [9.17, 15) is 19.6 Å². The molecule has 3 rings (SSSR count). The van der Waals surface area contributed by atoms with Gasteiger partial charge in [0.1, 0.15) is 24.0 Å². The van der Waals surface area contributed by atoms with Crippen molar-refractivity contribution in [1.82, 2.24) is 0 Å². The number of nitriles is 1. The first-order valence-electron chi connectivity index (χ1n) is 10.9. The third-order valence-electron chi connectivity index (χ3n) is 4.93. The number of carboxylic acids is 1. The maximum atomic E-state index is 12.7. The highest BCUT2D eigenvalue weighted by molar-refractivity contribution is 14.1. The fraction of sp³-hybridized carbons (Fsp3) is 0.111. The molecule has 0 radical (unpaired) electrons. The van der Waals surface area contributed by atoms with E-state index in [1.165, 1.54) is 30.3 Å². The van der Waals surface area contributed by atoms with Gasteiger partial charge in [-0.05, 0) is 111 Å². The molecule has 0 spiro atoms. The minimum absolute atomic E-state index is 0.107. The van der Waals surface area contributed by atoms with Crippen molar-refractivity contribution in [2.24, 2.45) is 0 Å². The number of carbonyl (C=O) groups excluding carboxylic acids is 2. The monoisotopic (exact) mass is 674 g/mol. The van der Waals surface area contributed by atoms with Gasteiger partial charge < -0.3 is 19.9 Å². The number of nitrogens with one attached hydrogen (secondary N) is 1. The Balaban J connectivity index is 1.70. The van der Waals surface area contributed by atoms with Crippen LogP contribution in [0.3, 0.4) is 0 Å². The predicted molar refractivity (Wildman–Crippen MR) is 149 cm³/mol. The molecule has 0 saturated carbocycles. The lowest BCUT2D eigenvalue weighted by atomic mass is 10.1. The summed E-state index contributed by atoms with van der Waals surface area (Å²) in [6, 6.07) is 18.0. The van der Waals surface area contributed by atoms with Gasteiger partial charge in [-0.25, -0.2) is 9.59 Å². The molecule has 0 saturated heterocycles. The van der Waals surface area contributed by atoms with Crippen molar-refractivity contribution in [3.8, 4) is 11.8 Å². The number of carboxylic acid groups (broad SMARTS) is 1. The van der Waals surface area contributed by atoms with E-state index in [4.69, 9.17) is 14.6 Å². The third-order valence-corrected chi connectivity index (χ3v) is 6.32. The molecule has 3 aromatic carbocycles. The van der Waals surface area contributed by atoms with Crippen molar-refractivity contribution in [1.29, 1.82) is 5.26 Å². The van der Waals surface area contributed by atoms with Crippen LogP contribution in [0, 0.1) is 14.9 Å². The van der Waals surface area contributed by atoms with Crippen LogP contribution in [0.15, 0.2) is 70.7 Å². The summed E-state index contributed by atoms with van der Waals surface area (Å²) in [5.41, 5.74) is 2.28. The Kier molecular flexibility index (Phi) is 9.82. The van der Waals surface area contributed by atoms with Gasteiger partial charge in [-0.1, -0.05) is 12.1 Å². The number of halogens is 2. The largest absolute Gasteiger partial charge is 0.487 e. The number of carbonyl (C=O) groups is 3. The number of hydrogen-bond acceptors (Lipinski definition) is 6. The Bertz CT molecular complexity index is 1370. The topological polar surface area (TPSA) is 126 Å². The van der Waals surface area contributed by atoms with Crippen molar-refractivity contribution < 1.29 is 29.0 Å². The van der Waals surface area contributed by atoms with Gasteiger partial charge in [0, 0.05) is 5.69 Å². The fourth-order valence-corrected chi connectivity index (χ4v) is 4.89. The SMILES string of the molecule is CCOC(=O)c1ccc(NC(=O)/C(C#N)=C/c2cc(Br)c(OCc3ccc(C(=O)O)cc3)c(I)c2)cc1. The molecule has 0 unspecified atom stereocenters. The number of nitrogens with zero attached hydrogens (tertiary/aromatic N) is 1. The summed E-state index contributed by atoms with van der Waals surface area (Å²) < 4.78 is 12.2. The number of esters is 1. The van der Waals surface area contributed by atoms with E-state index in [1.807, 2.05) is 6.07 Å². The molecule has 0 atom stereocenters. The van der Waals surface area contributed by atoms with Gasteiger partial charge in [-0.2, -0.15) is 5.26 Å². The molecule has 2 N–H and O–H groups in total. The zero-order chi connectivity index (χ0) is 26.9. The molecule has 8 nitrogen and oxygen atoms in total. The quantitative estimate of drug-likeness (QED) is 0.122. The van der Waals surface area contributed by atoms with Crippen LogP contribution < -0.4 is 10.1 Å². The molecular formula is C27H20BrIN2O6. The number of amides is 1. The molecular weight excluding hydrogens is 655 g/mol. The van der Waals surface area contributed by atoms with Crippen molar-refractivity contribution in [3.63, 3.8) is 0 Å². The highest BCUT2D eigenvalue weighted by atomic mass is 127. The van der Waals surface area contributed by atoms with E-state index in [0.717, 1.165) is 9.13 Å². The second-order valence-electron chi connectivity index (χ2n) is 7.53. The summed E-state index contributed by atoms with van der Waals surface area (Å²) >= 11 is 5.57. The standard InChI is InChI=1S/C27H20BrIN2O6/c1-2-36-27(35)19-7-9-21(10-8-19)31-25(32)20(14-30)11-17-12-22(28)24(23(29)13-17)37-15-16-3-5-18(6-4-16)26(33)34/h3-13H,2,15H2,1H3,(H,31,32)(H,33,34)/b20-11+. The molecule has 0 fully saturated rings. The average molecular weight is 675 g/mol. The molecule has 0 heterocycles. The maximum Gasteiger partial charge on any atom is 0.338 e. The second kappa shape index (κ2) is 13.0. The number of anilines is 1. The molecule has 188 valence electrons. The van der Waals surface area contributed by atoms with Crippen LogP contribution in [0.25, 0.3) is 6.08 Å². The molecule has 0 bridgehead atoms. The lowest BCUT2D eigenvalue weighted by molar-refractivity contribution is -0.112. The third kappa shape index (κ3) is 7.65. The normalized spacial score (nSPS) is 10.8. The molecule has 0 aliphatic carbocycles. The zero-order valence-electron chi connectivity index (χ0n) is 19.5. The minimum Gasteiger partial charge on any atom is -0.487 e. The van der Waals surface area contributed by atoms with Gasteiger partial charge >= 0.3 is 11.9 Å². The highest BCUT2D eigenvalue weighted by Gasteiger charge is 2.14. The highest BCUT2D eigenvalue weighted by Crippen LogP contribution is 2.33. The van der Waals surface area contributed by atoms with Crippen LogP contribution in [0.2, 0.25) is 0 Å². The van der Waals surface area contributed by atoms with Gasteiger partial charge in [0.2, 0.25) is 0 Å². The molecule has 3 aromatic rings. The minimum atomic E-state index is -0.995. The summed E-state index contributed by atoms with van der Waals surface area (Å²) in [4.78, 5) is 35.4. The van der Waals surface area contributed by atoms with Crippen LogP contribution in [-0.4, -0.2) is 29.6 Å². The molecule has 10 heteroatoms. The predicted octanol–water partition coefficient (Wildman–Crippen LogP) is 6.05. The number of aromatic carboxylic acids is 1. The first kappa shape index (κ1) is 27.9. The fourth-order valence-electron chi connectivity index (χ4n) is 3.12. The number of benzene rings is 3. The van der Waals surface area contributed by atoms with Crippen molar-refractivity contribution in [2.75, 3.05) is 11.9 Å². The van der Waals surface area contributed by atoms with Crippen LogP contribution >= 0.6 is 38.5 Å². The number of hydrogen-bond donors (Lipinski definition) is 2. The summed E-state index contributed by atoms with van der Waals surface area (Å²) in [6.07, 6.45) is 1.46. The molecule has 0 aliphatic heterocycles. The summed E-state index contributed by atoms with van der Waals surface area (Å²) in [5, 5.41) is 21.2. The lowest BCUT2D eigenvalue weighted by Gasteiger charge is -2.12. The van der Waals surface area contributed by atoms with E-state index in [1.54, 1.807) is 43.3 Å². The van der Waals surface area contributed by atoms with Gasteiger partial charge in [-0.3, -0.25) is 4.79 Å². The zero-order valence-corrected chi connectivity index (χ0v) is 23.2. The second-order valence-corrected chi connectivity index (χ2v) is 9.54. The van der Waals surface area contributed by atoms with Crippen LogP contribution in [-0.2, 0) is 16.1 Å². The Labute approximate surface area is 235 Å². The van der Waals surface area contributed by atoms with Crippen molar-refractivity contribution in [3.05, 3.63) is 96.5 Å². The van der Waals surface area contributed by atoms with Gasteiger partial charge in [-0.15, -0.1) is 0 Å². The first-order valence-corrected chi connectivity index (χ1v) is 12.7. The molecule has 0 aliphatic rings. The summed E-state index contributed by atoms with van der Waals surface area (Å²) in [7, 11) is 0. The molecule has 37 heavy (non-hydrogen) atoms. The van der Waals surface area contributed by atoms with E-state index in [-0.39, 0.29) is 24.4 Å². The Morgan fingerprint density at radius 3 is 2.30 bits per heavy atom. The van der Waals surface area contributed by atoms with Crippen molar-refractivity contribution in [2.45, 2.75) is 13.5 Å². The number of rotatable bonds is 9. The Hall–Kier alpha value is -3.69. The Morgan fingerprint density at radius 2 is 1.73 bits per heavy atom. The maximum absolute atomic E-state index is 12.7. The summed E-state index contributed by atoms with van der Waals surface area (Å²) in [5.74, 6) is -1.47. The van der Waals surface area contributed by atoms with Crippen LogP contribution in [0.5, 0.6) is 5.75 Å².